The molecule has 2 aromatic carbocycles. The number of carboxylic acid groups (broad SMARTS) is 1. The van der Waals surface area contributed by atoms with Crippen molar-refractivity contribution in [2.24, 2.45) is 5.73 Å². The average Bonchev–Trinajstić information content (AvgIpc) is 2.99. The zero-order valence-electron chi connectivity index (χ0n) is 25.7. The minimum absolute atomic E-state index is 0.0894. The number of nitrogens with two attached hydrogens (primary N) is 1. The summed E-state index contributed by atoms with van der Waals surface area (Å²) in [7, 11) is 0. The van der Waals surface area contributed by atoms with Crippen LogP contribution in [0.2, 0.25) is 0 Å². The summed E-state index contributed by atoms with van der Waals surface area (Å²) in [6.45, 7) is 2.22. The Kier molecular flexibility index (Phi) is 17.4. The van der Waals surface area contributed by atoms with E-state index in [1.165, 1.54) is 44.9 Å². The molecule has 0 heterocycles. The van der Waals surface area contributed by atoms with Gasteiger partial charge in [0.25, 0.3) is 5.91 Å². The zero-order chi connectivity index (χ0) is 31.3. The summed E-state index contributed by atoms with van der Waals surface area (Å²) in [4.78, 5) is 49.6. The van der Waals surface area contributed by atoms with Crippen LogP contribution in [0, 0.1) is 0 Å². The number of carbonyl (C=O) groups excluding carboxylic acids is 3. The molecule has 0 aliphatic carbocycles. The molecular weight excluding hydrogens is 544 g/mol. The molecule has 8 nitrogen and oxygen atoms in total. The van der Waals surface area contributed by atoms with Gasteiger partial charge in [0, 0.05) is 12.0 Å². The van der Waals surface area contributed by atoms with Gasteiger partial charge in [-0.15, -0.1) is 0 Å². The van der Waals surface area contributed by atoms with Gasteiger partial charge in [0.05, 0.1) is 6.42 Å². The second kappa shape index (κ2) is 21.1. The first-order chi connectivity index (χ1) is 20.8. The highest BCUT2D eigenvalue weighted by atomic mass is 16.5. The van der Waals surface area contributed by atoms with Gasteiger partial charge >= 0.3 is 11.9 Å². The molecule has 2 aromatic rings. The van der Waals surface area contributed by atoms with E-state index in [1.807, 2.05) is 42.5 Å². The Labute approximate surface area is 256 Å². The van der Waals surface area contributed by atoms with Crippen LogP contribution in [0.1, 0.15) is 120 Å². The van der Waals surface area contributed by atoms with Crippen molar-refractivity contribution in [3.05, 3.63) is 60.2 Å². The van der Waals surface area contributed by atoms with Crippen LogP contribution in [0.5, 0.6) is 0 Å². The molecule has 2 rings (SSSR count). The van der Waals surface area contributed by atoms with E-state index in [9.17, 15) is 19.2 Å². The molecule has 0 fully saturated rings. The van der Waals surface area contributed by atoms with Crippen LogP contribution >= 0.6 is 0 Å². The van der Waals surface area contributed by atoms with Gasteiger partial charge < -0.3 is 20.9 Å². The highest BCUT2D eigenvalue weighted by Gasteiger charge is 2.27. The maximum Gasteiger partial charge on any atom is 0.328 e. The summed E-state index contributed by atoms with van der Waals surface area (Å²) < 4.78 is 5.72. The third kappa shape index (κ3) is 14.9. The van der Waals surface area contributed by atoms with Crippen molar-refractivity contribution in [2.45, 2.75) is 122 Å². The predicted octanol–water partition coefficient (Wildman–Crippen LogP) is 7.20. The summed E-state index contributed by atoms with van der Waals surface area (Å²) in [5.41, 5.74) is 7.40. The molecule has 0 aliphatic heterocycles. The lowest BCUT2D eigenvalue weighted by Crippen LogP contribution is -2.43. The van der Waals surface area contributed by atoms with Crippen LogP contribution in [-0.4, -0.2) is 41.0 Å². The molecule has 8 heteroatoms. The topological polar surface area (TPSA) is 136 Å². The van der Waals surface area contributed by atoms with Gasteiger partial charge in [-0.3, -0.25) is 14.4 Å². The summed E-state index contributed by atoms with van der Waals surface area (Å²) in [5, 5.41) is 11.9. The van der Waals surface area contributed by atoms with Crippen molar-refractivity contribution in [2.75, 3.05) is 0 Å². The Morgan fingerprint density at radius 2 is 1.35 bits per heavy atom. The van der Waals surface area contributed by atoms with Crippen molar-refractivity contribution in [3.63, 3.8) is 0 Å². The summed E-state index contributed by atoms with van der Waals surface area (Å²) in [6, 6.07) is 15.5. The van der Waals surface area contributed by atoms with Crippen molar-refractivity contribution in [1.29, 1.82) is 0 Å². The van der Waals surface area contributed by atoms with E-state index in [2.05, 4.69) is 12.2 Å². The number of hydrogen-bond donors (Lipinski definition) is 3. The molecule has 0 spiro atoms. The van der Waals surface area contributed by atoms with Gasteiger partial charge in [-0.1, -0.05) is 120 Å². The molecule has 43 heavy (non-hydrogen) atoms. The van der Waals surface area contributed by atoms with E-state index in [0.717, 1.165) is 31.2 Å². The Hall–Kier alpha value is -3.68. The smallest absolute Gasteiger partial charge is 0.328 e. The number of esters is 1. The second-order valence-electron chi connectivity index (χ2n) is 11.3. The van der Waals surface area contributed by atoms with Gasteiger partial charge in [-0.25, -0.2) is 4.79 Å². The normalized spacial score (nSPS) is 12.3. The maximum absolute atomic E-state index is 13.4. The van der Waals surface area contributed by atoms with Crippen molar-refractivity contribution in [1.82, 2.24) is 5.32 Å². The number of amides is 2. The number of aliphatic carboxylic acids is 1. The first kappa shape index (κ1) is 35.5. The minimum atomic E-state index is -1.07. The number of primary amides is 1. The fourth-order valence-electron chi connectivity index (χ4n) is 5.20. The highest BCUT2D eigenvalue weighted by Crippen LogP contribution is 2.24. The SMILES string of the molecule is CCCCCCCCCCCCC[C@@H](CC(N)=O)OC(=O)[C@H](CCCC(=O)O)NC(=O)c1ccccc1-c1ccccc1. The molecule has 2 amide bonds. The van der Waals surface area contributed by atoms with E-state index in [0.29, 0.717) is 17.5 Å². The number of nitrogens with one attached hydrogen (secondary N) is 1. The molecule has 4 N–H and O–H groups in total. The van der Waals surface area contributed by atoms with Crippen LogP contribution in [0.25, 0.3) is 11.1 Å². The summed E-state index contributed by atoms with van der Waals surface area (Å²) in [5.74, 6) is -2.71. The second-order valence-corrected chi connectivity index (χ2v) is 11.3. The minimum Gasteiger partial charge on any atom is -0.481 e. The lowest BCUT2D eigenvalue weighted by molar-refractivity contribution is -0.153. The number of hydrogen-bond acceptors (Lipinski definition) is 5. The monoisotopic (exact) mass is 594 g/mol. The summed E-state index contributed by atoms with van der Waals surface area (Å²) >= 11 is 0. The number of carboxylic acids is 1. The van der Waals surface area contributed by atoms with Crippen LogP contribution in [-0.2, 0) is 19.1 Å². The van der Waals surface area contributed by atoms with E-state index >= 15 is 0 Å². The number of carbonyl (C=O) groups is 4. The number of unbranched alkanes of at least 4 members (excludes halogenated alkanes) is 10. The molecule has 2 atom stereocenters. The van der Waals surface area contributed by atoms with Gasteiger partial charge in [0.2, 0.25) is 5.91 Å². The molecule has 0 saturated heterocycles. The first-order valence-corrected chi connectivity index (χ1v) is 16.0. The molecule has 236 valence electrons. The van der Waals surface area contributed by atoms with Crippen LogP contribution in [0.15, 0.2) is 54.6 Å². The molecular formula is C35H50N2O6. The van der Waals surface area contributed by atoms with Crippen LogP contribution < -0.4 is 11.1 Å². The van der Waals surface area contributed by atoms with Gasteiger partial charge in [-0.2, -0.15) is 0 Å². The Morgan fingerprint density at radius 1 is 0.767 bits per heavy atom. The van der Waals surface area contributed by atoms with E-state index < -0.39 is 35.9 Å². The van der Waals surface area contributed by atoms with Gasteiger partial charge in [0.15, 0.2) is 0 Å². The Bertz CT molecular complexity index is 1120. The maximum atomic E-state index is 13.4. The summed E-state index contributed by atoms with van der Waals surface area (Å²) in [6.07, 6.45) is 12.8. The average molecular weight is 595 g/mol. The Balaban J connectivity index is 1.97. The van der Waals surface area contributed by atoms with Gasteiger partial charge in [-0.05, 0) is 42.9 Å². The first-order valence-electron chi connectivity index (χ1n) is 16.0. The third-order valence-electron chi connectivity index (χ3n) is 7.57. The molecule has 0 bridgehead atoms. The highest BCUT2D eigenvalue weighted by molar-refractivity contribution is 6.02. The molecule has 0 saturated carbocycles. The van der Waals surface area contributed by atoms with Crippen LogP contribution in [0.4, 0.5) is 0 Å². The van der Waals surface area contributed by atoms with Gasteiger partial charge in [0.1, 0.15) is 12.1 Å². The zero-order valence-corrected chi connectivity index (χ0v) is 25.7. The Morgan fingerprint density at radius 3 is 1.95 bits per heavy atom. The van der Waals surface area contributed by atoms with E-state index in [4.69, 9.17) is 15.6 Å². The molecule has 0 unspecified atom stereocenters. The lowest BCUT2D eigenvalue weighted by atomic mass is 9.98. The van der Waals surface area contributed by atoms with Crippen molar-refractivity contribution in [3.8, 4) is 11.1 Å². The molecule has 0 radical (unpaired) electrons. The number of rotatable bonds is 23. The van der Waals surface area contributed by atoms with Crippen molar-refractivity contribution >= 4 is 23.8 Å². The number of benzene rings is 2. The van der Waals surface area contributed by atoms with E-state index in [-0.39, 0.29) is 25.7 Å². The molecule has 0 aromatic heterocycles. The van der Waals surface area contributed by atoms with E-state index in [1.54, 1.807) is 12.1 Å². The quantitative estimate of drug-likeness (QED) is 0.0920. The fourth-order valence-corrected chi connectivity index (χ4v) is 5.20. The third-order valence-corrected chi connectivity index (χ3v) is 7.57. The standard InChI is InChI=1S/C35H50N2O6/c1-2-3-4-5-6-7-8-9-10-11-15-21-28(26-32(36)38)43-35(42)31(24-18-25-33(39)40)37-34(41)30-23-17-16-22-29(30)27-19-13-12-14-20-27/h12-14,16-17,19-20,22-23,28,31H,2-11,15,18,21,24-26H2,1H3,(H2,36,38)(H,37,41)(H,39,40)/t28-,31-/m0/s1. The number of ether oxygens (including phenoxy) is 1. The molecule has 0 aliphatic rings. The fraction of sp³-hybridized carbons (Fsp3) is 0.543. The largest absolute Gasteiger partial charge is 0.481 e. The van der Waals surface area contributed by atoms with Crippen molar-refractivity contribution < 1.29 is 29.0 Å². The predicted molar refractivity (Wildman–Crippen MR) is 169 cm³/mol. The van der Waals surface area contributed by atoms with Crippen LogP contribution in [0.3, 0.4) is 0 Å². The lowest BCUT2D eigenvalue weighted by Gasteiger charge is -2.22.